The Kier molecular flexibility index (Phi) is 6.32. The minimum Gasteiger partial charge on any atom is -0.490 e. The van der Waals surface area contributed by atoms with Gasteiger partial charge in [0.2, 0.25) is 0 Å². The Morgan fingerprint density at radius 2 is 2.23 bits per heavy atom. The lowest BCUT2D eigenvalue weighted by molar-refractivity contribution is 0.0535. The summed E-state index contributed by atoms with van der Waals surface area (Å²) in [7, 11) is 0. The van der Waals surface area contributed by atoms with Crippen molar-refractivity contribution in [1.82, 2.24) is 4.98 Å². The fourth-order valence-electron chi connectivity index (χ4n) is 2.64. The van der Waals surface area contributed by atoms with Crippen molar-refractivity contribution < 1.29 is 24.1 Å². The molecule has 0 fully saturated rings. The molecule has 0 spiro atoms. The summed E-state index contributed by atoms with van der Waals surface area (Å²) in [6, 6.07) is 11.5. The molecule has 0 aliphatic carbocycles. The second-order valence-corrected chi connectivity index (χ2v) is 6.59. The highest BCUT2D eigenvalue weighted by Gasteiger charge is 2.20. The number of aromatic nitrogens is 1. The van der Waals surface area contributed by atoms with Crippen molar-refractivity contribution >= 4 is 39.8 Å². The molecule has 5 N–H and O–H groups in total. The molecule has 3 aromatic rings. The van der Waals surface area contributed by atoms with E-state index in [-0.39, 0.29) is 39.8 Å². The normalized spacial score (nSPS) is 11.7. The van der Waals surface area contributed by atoms with E-state index < -0.39 is 24.4 Å². The summed E-state index contributed by atoms with van der Waals surface area (Å²) in [4.78, 5) is 16.0. The zero-order valence-electron chi connectivity index (χ0n) is 15.3. The average Bonchev–Trinajstić information content (AvgIpc) is 2.73. The first-order valence-corrected chi connectivity index (χ1v) is 8.95. The van der Waals surface area contributed by atoms with Crippen LogP contribution in [0.3, 0.4) is 0 Å². The third-order valence-electron chi connectivity index (χ3n) is 4.07. The van der Waals surface area contributed by atoms with Gasteiger partial charge in [-0.15, -0.1) is 0 Å². The van der Waals surface area contributed by atoms with Crippen molar-refractivity contribution in [2.24, 2.45) is 5.73 Å². The van der Waals surface area contributed by atoms with Crippen molar-refractivity contribution in [3.05, 3.63) is 58.5 Å². The van der Waals surface area contributed by atoms with Crippen molar-refractivity contribution in [1.29, 1.82) is 5.26 Å². The standard InChI is InChI=1S/C20H15ClFN4O4/c21-15-5-10(1-4-16(15)22)25-18-13-3-2-12(30-9-11(28)8-27)6-17(13)26-19(20(24)29)14(18)7-23/h1,3-6,11,27-28H,8-9H2,(H2,24,29)(H,25,26). The molecule has 3 rings (SSSR count). The first kappa shape index (κ1) is 21.3. The van der Waals surface area contributed by atoms with E-state index in [1.807, 2.05) is 6.07 Å². The van der Waals surface area contributed by atoms with Crippen LogP contribution < -0.4 is 15.8 Å². The molecule has 0 bridgehead atoms. The Bertz CT molecular complexity index is 1170. The number of hydrogen-bond donors (Lipinski definition) is 4. The number of amides is 1. The van der Waals surface area contributed by atoms with E-state index in [1.54, 1.807) is 0 Å². The number of halogens is 2. The van der Waals surface area contributed by atoms with Gasteiger partial charge in [0.15, 0.2) is 0 Å². The van der Waals surface area contributed by atoms with Crippen LogP contribution in [-0.2, 0) is 0 Å². The van der Waals surface area contributed by atoms with Crippen LogP contribution in [0, 0.1) is 23.2 Å². The highest BCUT2D eigenvalue weighted by atomic mass is 35.5. The van der Waals surface area contributed by atoms with E-state index in [2.05, 4.69) is 16.4 Å². The molecule has 10 heteroatoms. The van der Waals surface area contributed by atoms with Crippen molar-refractivity contribution in [3.8, 4) is 11.8 Å². The van der Waals surface area contributed by atoms with Crippen molar-refractivity contribution in [3.63, 3.8) is 0 Å². The second kappa shape index (κ2) is 8.92. The van der Waals surface area contributed by atoms with Crippen LogP contribution in [0.2, 0.25) is 5.02 Å². The Morgan fingerprint density at radius 1 is 1.47 bits per heavy atom. The third-order valence-corrected chi connectivity index (χ3v) is 4.36. The summed E-state index contributed by atoms with van der Waals surface area (Å²) in [5.74, 6) is -1.33. The van der Waals surface area contributed by atoms with Gasteiger partial charge in [0, 0.05) is 23.2 Å². The van der Waals surface area contributed by atoms with Crippen molar-refractivity contribution in [2.75, 3.05) is 18.5 Å². The van der Waals surface area contributed by atoms with E-state index in [0.29, 0.717) is 11.1 Å². The highest BCUT2D eigenvalue weighted by Crippen LogP contribution is 2.33. The molecule has 0 aliphatic rings. The topological polar surface area (TPSA) is 141 Å². The number of carbonyl (C=O) groups is 1. The fraction of sp³-hybridized carbons (Fsp3) is 0.150. The van der Waals surface area contributed by atoms with Gasteiger partial charge in [-0.1, -0.05) is 11.6 Å². The number of nitrogens with zero attached hydrogens (tertiary/aromatic N) is 2. The molecule has 0 saturated heterocycles. The summed E-state index contributed by atoms with van der Waals surface area (Å²) in [6.45, 7) is -0.659. The van der Waals surface area contributed by atoms with Crippen LogP contribution in [0.25, 0.3) is 10.9 Å². The summed E-state index contributed by atoms with van der Waals surface area (Å²) >= 11 is 5.82. The van der Waals surface area contributed by atoms with E-state index in [0.717, 1.165) is 6.07 Å². The van der Waals surface area contributed by atoms with Crippen LogP contribution in [0.5, 0.6) is 5.75 Å². The minimum absolute atomic E-state index is 0.104. The Hall–Kier alpha value is -3.45. The molecule has 1 atom stereocenters. The molecule has 8 nitrogen and oxygen atoms in total. The quantitative estimate of drug-likeness (QED) is 0.451. The zero-order valence-corrected chi connectivity index (χ0v) is 16.1. The lowest BCUT2D eigenvalue weighted by atomic mass is 10.0. The number of rotatable bonds is 7. The predicted molar refractivity (Wildman–Crippen MR) is 107 cm³/mol. The predicted octanol–water partition coefficient (Wildman–Crippen LogP) is 2.27. The van der Waals surface area contributed by atoms with Gasteiger partial charge in [0.1, 0.15) is 41.6 Å². The number of nitriles is 1. The molecule has 1 unspecified atom stereocenters. The lowest BCUT2D eigenvalue weighted by Gasteiger charge is -2.15. The molecule has 153 valence electrons. The number of benzene rings is 2. The number of nitrogens with two attached hydrogens (primary N) is 1. The summed E-state index contributed by atoms with van der Waals surface area (Å²) in [5.41, 5.74) is 5.85. The number of carbonyl (C=O) groups excluding carboxylic acids is 1. The first-order valence-electron chi connectivity index (χ1n) is 8.57. The number of ether oxygens (including phenoxy) is 1. The number of primary amides is 1. The van der Waals surface area contributed by atoms with Crippen LogP contribution in [0.4, 0.5) is 15.8 Å². The third kappa shape index (κ3) is 4.41. The smallest absolute Gasteiger partial charge is 0.268 e. The minimum atomic E-state index is -1.08. The van der Waals surface area contributed by atoms with Gasteiger partial charge in [-0.2, -0.15) is 5.26 Å². The largest absolute Gasteiger partial charge is 0.490 e. The maximum Gasteiger partial charge on any atom is 0.268 e. The summed E-state index contributed by atoms with van der Waals surface area (Å²) in [5, 5.41) is 31.1. The fourth-order valence-corrected chi connectivity index (χ4v) is 2.82. The highest BCUT2D eigenvalue weighted by molar-refractivity contribution is 6.31. The maximum absolute atomic E-state index is 13.5. The molecule has 2 aromatic carbocycles. The Morgan fingerprint density at radius 3 is 2.87 bits per heavy atom. The van der Waals surface area contributed by atoms with E-state index in [4.69, 9.17) is 27.2 Å². The van der Waals surface area contributed by atoms with Gasteiger partial charge < -0.3 is 26.0 Å². The Balaban J connectivity index is 2.13. The molecule has 1 radical (unpaired) electrons. The molecule has 1 amide bonds. The zero-order chi connectivity index (χ0) is 21.8. The number of nitrogens with one attached hydrogen (secondary N) is 1. The van der Waals surface area contributed by atoms with Gasteiger partial charge in [-0.05, 0) is 24.3 Å². The lowest BCUT2D eigenvalue weighted by Crippen LogP contribution is -2.21. The van der Waals surface area contributed by atoms with Gasteiger partial charge in [-0.3, -0.25) is 4.79 Å². The van der Waals surface area contributed by atoms with Crippen molar-refractivity contribution in [2.45, 2.75) is 6.10 Å². The van der Waals surface area contributed by atoms with E-state index >= 15 is 0 Å². The molecular weight excluding hydrogens is 415 g/mol. The summed E-state index contributed by atoms with van der Waals surface area (Å²) < 4.78 is 18.8. The van der Waals surface area contributed by atoms with E-state index in [1.165, 1.54) is 24.3 Å². The molecular formula is C20H15ClFN4O4. The van der Waals surface area contributed by atoms with Gasteiger partial charge in [-0.25, -0.2) is 9.37 Å². The number of pyridine rings is 1. The van der Waals surface area contributed by atoms with Gasteiger partial charge >= 0.3 is 0 Å². The second-order valence-electron chi connectivity index (χ2n) is 6.18. The van der Waals surface area contributed by atoms with Crippen LogP contribution in [0.15, 0.2) is 30.3 Å². The SMILES string of the molecule is N#Cc1c(C(N)=O)nc2cc(OCC(O)CO)[c]cc2c1Nc1ccc(F)c(Cl)c1. The maximum atomic E-state index is 13.5. The van der Waals surface area contributed by atoms with Gasteiger partial charge in [0.05, 0.1) is 22.8 Å². The molecule has 0 saturated carbocycles. The number of hydrogen-bond acceptors (Lipinski definition) is 7. The summed E-state index contributed by atoms with van der Waals surface area (Å²) in [6.07, 6.45) is -1.08. The Labute approximate surface area is 175 Å². The average molecular weight is 430 g/mol. The van der Waals surface area contributed by atoms with Crippen LogP contribution in [-0.4, -0.2) is 40.4 Å². The molecule has 30 heavy (non-hydrogen) atoms. The van der Waals surface area contributed by atoms with Crippen LogP contribution in [0.1, 0.15) is 16.1 Å². The molecule has 0 aliphatic heterocycles. The monoisotopic (exact) mass is 429 g/mol. The van der Waals surface area contributed by atoms with Gasteiger partial charge in [0.25, 0.3) is 5.91 Å². The molecule has 1 aromatic heterocycles. The molecule has 1 heterocycles. The number of aliphatic hydroxyl groups is 2. The first-order chi connectivity index (χ1) is 14.3. The number of fused-ring (bicyclic) bond motifs is 1. The number of aliphatic hydroxyl groups excluding tert-OH is 2. The van der Waals surface area contributed by atoms with Crippen LogP contribution >= 0.6 is 11.6 Å². The van der Waals surface area contributed by atoms with E-state index in [9.17, 15) is 19.6 Å². The number of anilines is 2.